The minimum atomic E-state index is 0.214. The number of halogens is 2. The van der Waals surface area contributed by atoms with Crippen LogP contribution in [0.3, 0.4) is 0 Å². The first-order valence-corrected chi connectivity index (χ1v) is 10.9. The van der Waals surface area contributed by atoms with Crippen LogP contribution in [0.25, 0.3) is 10.3 Å². The first-order chi connectivity index (χ1) is 13.6. The molecule has 0 saturated carbocycles. The van der Waals surface area contributed by atoms with E-state index in [0.717, 1.165) is 60.1 Å². The fourth-order valence-electron chi connectivity index (χ4n) is 3.34. The summed E-state index contributed by atoms with van der Waals surface area (Å²) < 4.78 is 0. The van der Waals surface area contributed by atoms with E-state index in [4.69, 9.17) is 23.2 Å². The van der Waals surface area contributed by atoms with Gasteiger partial charge in [-0.25, -0.2) is 9.97 Å². The predicted molar refractivity (Wildman–Crippen MR) is 116 cm³/mol. The third-order valence-electron chi connectivity index (χ3n) is 4.90. The highest BCUT2D eigenvalue weighted by molar-refractivity contribution is 7.21. The molecule has 1 aliphatic rings. The minimum absolute atomic E-state index is 0.214. The molecule has 1 aromatic carbocycles. The van der Waals surface area contributed by atoms with Crippen molar-refractivity contribution in [1.29, 1.82) is 0 Å². The highest BCUT2D eigenvalue weighted by Gasteiger charge is 2.23. The number of aromatic nitrogens is 2. The number of hydrogen-bond donors (Lipinski definition) is 0. The van der Waals surface area contributed by atoms with E-state index in [0.29, 0.717) is 16.5 Å². The Kier molecular flexibility index (Phi) is 5.99. The Morgan fingerprint density at radius 3 is 2.68 bits per heavy atom. The van der Waals surface area contributed by atoms with Crippen molar-refractivity contribution >= 4 is 55.9 Å². The summed E-state index contributed by atoms with van der Waals surface area (Å²) in [6.45, 7) is 3.07. The largest absolute Gasteiger partial charge is 0.344 e. The molecule has 0 spiro atoms. The average molecular weight is 435 g/mol. The van der Waals surface area contributed by atoms with Gasteiger partial charge in [-0.15, -0.1) is 0 Å². The van der Waals surface area contributed by atoms with E-state index in [-0.39, 0.29) is 5.91 Å². The van der Waals surface area contributed by atoms with E-state index < -0.39 is 0 Å². The quantitative estimate of drug-likeness (QED) is 0.585. The van der Waals surface area contributed by atoms with Crippen LogP contribution in [-0.2, 0) is 11.2 Å². The summed E-state index contributed by atoms with van der Waals surface area (Å²) in [6, 6.07) is 9.53. The van der Waals surface area contributed by atoms with E-state index in [2.05, 4.69) is 14.9 Å². The maximum atomic E-state index is 12.5. The van der Waals surface area contributed by atoms with Crippen molar-refractivity contribution in [2.24, 2.45) is 0 Å². The van der Waals surface area contributed by atoms with Gasteiger partial charge in [-0.05, 0) is 42.7 Å². The Morgan fingerprint density at radius 2 is 1.93 bits per heavy atom. The van der Waals surface area contributed by atoms with Gasteiger partial charge in [0, 0.05) is 38.8 Å². The first-order valence-electron chi connectivity index (χ1n) is 9.28. The molecule has 1 saturated heterocycles. The molecule has 3 heterocycles. The zero-order chi connectivity index (χ0) is 19.5. The standard InChI is InChI=1S/C20H20Cl2N4OS/c21-15-7-6-14(13-16(15)22)3-1-5-18(27)25-9-11-26(12-10-25)20-24-17-4-2-8-23-19(17)28-20/h2,4,6-8,13H,1,3,5,9-12H2. The summed E-state index contributed by atoms with van der Waals surface area (Å²) in [5, 5.41) is 2.11. The highest BCUT2D eigenvalue weighted by Crippen LogP contribution is 2.28. The number of piperazine rings is 1. The second-order valence-electron chi connectivity index (χ2n) is 6.79. The van der Waals surface area contributed by atoms with Crippen molar-refractivity contribution in [3.05, 3.63) is 52.1 Å². The number of anilines is 1. The van der Waals surface area contributed by atoms with E-state index in [1.807, 2.05) is 29.2 Å². The maximum absolute atomic E-state index is 12.5. The van der Waals surface area contributed by atoms with Gasteiger partial charge in [0.15, 0.2) is 5.13 Å². The second kappa shape index (κ2) is 8.64. The van der Waals surface area contributed by atoms with Crippen molar-refractivity contribution in [3.8, 4) is 0 Å². The number of fused-ring (bicyclic) bond motifs is 1. The number of aryl methyl sites for hydroxylation is 1. The van der Waals surface area contributed by atoms with E-state index in [1.54, 1.807) is 23.6 Å². The number of nitrogens with zero attached hydrogens (tertiary/aromatic N) is 4. The summed E-state index contributed by atoms with van der Waals surface area (Å²) in [6.07, 6.45) is 3.96. The summed E-state index contributed by atoms with van der Waals surface area (Å²) in [5.74, 6) is 0.214. The number of benzene rings is 1. The average Bonchev–Trinajstić information content (AvgIpc) is 3.15. The molecule has 1 aliphatic heterocycles. The van der Waals surface area contributed by atoms with Crippen LogP contribution in [-0.4, -0.2) is 47.0 Å². The molecule has 5 nitrogen and oxygen atoms in total. The van der Waals surface area contributed by atoms with Gasteiger partial charge in [-0.2, -0.15) is 0 Å². The highest BCUT2D eigenvalue weighted by atomic mass is 35.5. The lowest BCUT2D eigenvalue weighted by Gasteiger charge is -2.34. The van der Waals surface area contributed by atoms with Crippen LogP contribution in [0.5, 0.6) is 0 Å². The lowest BCUT2D eigenvalue weighted by Crippen LogP contribution is -2.48. The Balaban J connectivity index is 1.26. The lowest BCUT2D eigenvalue weighted by atomic mass is 10.1. The van der Waals surface area contributed by atoms with Crippen LogP contribution in [0.15, 0.2) is 36.5 Å². The minimum Gasteiger partial charge on any atom is -0.344 e. The summed E-state index contributed by atoms with van der Waals surface area (Å²) in [7, 11) is 0. The van der Waals surface area contributed by atoms with Crippen LogP contribution < -0.4 is 4.90 Å². The van der Waals surface area contributed by atoms with Crippen molar-refractivity contribution in [3.63, 3.8) is 0 Å². The molecular weight excluding hydrogens is 415 g/mol. The molecule has 0 bridgehead atoms. The van der Waals surface area contributed by atoms with Gasteiger partial charge >= 0.3 is 0 Å². The first kappa shape index (κ1) is 19.4. The SMILES string of the molecule is O=C(CCCc1ccc(Cl)c(Cl)c1)N1CCN(c2nc3cccnc3s2)CC1. The smallest absolute Gasteiger partial charge is 0.222 e. The molecule has 0 N–H and O–H groups in total. The third kappa shape index (κ3) is 4.40. The fraction of sp³-hybridized carbons (Fsp3) is 0.350. The van der Waals surface area contributed by atoms with Gasteiger partial charge in [-0.3, -0.25) is 4.79 Å². The molecule has 3 aromatic rings. The molecule has 0 aliphatic carbocycles. The van der Waals surface area contributed by atoms with Crippen LogP contribution in [0, 0.1) is 0 Å². The summed E-state index contributed by atoms with van der Waals surface area (Å²) in [4.78, 5) is 26.7. The lowest BCUT2D eigenvalue weighted by molar-refractivity contribution is -0.131. The zero-order valence-corrected chi connectivity index (χ0v) is 17.6. The topological polar surface area (TPSA) is 49.3 Å². The van der Waals surface area contributed by atoms with E-state index >= 15 is 0 Å². The Morgan fingerprint density at radius 1 is 1.11 bits per heavy atom. The molecule has 1 amide bonds. The van der Waals surface area contributed by atoms with Crippen molar-refractivity contribution in [1.82, 2.24) is 14.9 Å². The molecule has 0 atom stereocenters. The Labute approximate surface area is 177 Å². The summed E-state index contributed by atoms with van der Waals surface area (Å²) in [5.41, 5.74) is 2.04. The molecule has 0 unspecified atom stereocenters. The number of amides is 1. The molecule has 28 heavy (non-hydrogen) atoms. The van der Waals surface area contributed by atoms with Crippen LogP contribution in [0.1, 0.15) is 18.4 Å². The molecular formula is C20H20Cl2N4OS. The monoisotopic (exact) mass is 434 g/mol. The van der Waals surface area contributed by atoms with Gasteiger partial charge in [0.1, 0.15) is 10.3 Å². The molecule has 8 heteroatoms. The second-order valence-corrected chi connectivity index (χ2v) is 8.56. The predicted octanol–water partition coefficient (Wildman–Crippen LogP) is 4.67. The third-order valence-corrected chi connectivity index (χ3v) is 6.68. The zero-order valence-electron chi connectivity index (χ0n) is 15.3. The fourth-order valence-corrected chi connectivity index (χ4v) is 4.62. The number of hydrogen-bond acceptors (Lipinski definition) is 5. The number of pyridine rings is 1. The van der Waals surface area contributed by atoms with Crippen LogP contribution >= 0.6 is 34.5 Å². The molecule has 146 valence electrons. The Bertz CT molecular complexity index is 952. The number of carbonyl (C=O) groups is 1. The number of carbonyl (C=O) groups excluding carboxylic acids is 1. The van der Waals surface area contributed by atoms with Crippen LogP contribution in [0.2, 0.25) is 10.0 Å². The van der Waals surface area contributed by atoms with Gasteiger partial charge in [0.05, 0.1) is 10.0 Å². The van der Waals surface area contributed by atoms with Crippen molar-refractivity contribution in [2.45, 2.75) is 19.3 Å². The molecule has 2 aromatic heterocycles. The molecule has 1 fully saturated rings. The van der Waals surface area contributed by atoms with Gasteiger partial charge in [0.2, 0.25) is 5.91 Å². The summed E-state index contributed by atoms with van der Waals surface area (Å²) >= 11 is 13.6. The van der Waals surface area contributed by atoms with Crippen LogP contribution in [0.4, 0.5) is 5.13 Å². The molecule has 0 radical (unpaired) electrons. The maximum Gasteiger partial charge on any atom is 0.222 e. The van der Waals surface area contributed by atoms with Gasteiger partial charge in [-0.1, -0.05) is 40.6 Å². The van der Waals surface area contributed by atoms with Gasteiger partial charge < -0.3 is 9.80 Å². The Hall–Kier alpha value is -1.89. The van der Waals surface area contributed by atoms with Crippen molar-refractivity contribution < 1.29 is 4.79 Å². The van der Waals surface area contributed by atoms with E-state index in [1.165, 1.54) is 0 Å². The normalized spacial score (nSPS) is 14.6. The number of thiazole rings is 1. The van der Waals surface area contributed by atoms with Gasteiger partial charge in [0.25, 0.3) is 0 Å². The van der Waals surface area contributed by atoms with Crippen molar-refractivity contribution in [2.75, 3.05) is 31.1 Å². The van der Waals surface area contributed by atoms with E-state index in [9.17, 15) is 4.79 Å². The molecule has 4 rings (SSSR count). The number of rotatable bonds is 5.